The lowest BCUT2D eigenvalue weighted by atomic mass is 9.92. The first kappa shape index (κ1) is 19.2. The fourth-order valence-electron chi connectivity index (χ4n) is 3.21. The molecule has 0 radical (unpaired) electrons. The van der Waals surface area contributed by atoms with E-state index in [1.165, 1.54) is 50.8 Å². The van der Waals surface area contributed by atoms with E-state index in [1.807, 2.05) is 30.3 Å². The zero-order valence-electron chi connectivity index (χ0n) is 15.2. The van der Waals surface area contributed by atoms with Crippen molar-refractivity contribution in [2.75, 3.05) is 0 Å². The number of aromatic nitrogens is 2. The number of benzene rings is 1. The quantitative estimate of drug-likeness (QED) is 0.545. The third-order valence-corrected chi connectivity index (χ3v) is 4.68. The number of nitrogens with zero attached hydrogens (tertiary/aromatic N) is 2. The molecule has 1 atom stereocenters. The summed E-state index contributed by atoms with van der Waals surface area (Å²) in [6.07, 6.45) is 12.2. The van der Waals surface area contributed by atoms with E-state index < -0.39 is 0 Å². The summed E-state index contributed by atoms with van der Waals surface area (Å²) in [7, 11) is 0. The summed E-state index contributed by atoms with van der Waals surface area (Å²) in [5.41, 5.74) is 0.991. The van der Waals surface area contributed by atoms with E-state index in [0.717, 1.165) is 29.5 Å². The highest BCUT2D eigenvalue weighted by Crippen LogP contribution is 2.26. The first-order valence-electron chi connectivity index (χ1n) is 9.56. The molecule has 4 nitrogen and oxygen atoms in total. The lowest BCUT2D eigenvalue weighted by molar-refractivity contribution is 0.0844. The molecule has 0 aliphatic carbocycles. The summed E-state index contributed by atoms with van der Waals surface area (Å²) < 4.78 is 1.11. The molecule has 1 aromatic heterocycles. The Kier molecular flexibility index (Phi) is 8.23. The van der Waals surface area contributed by atoms with Crippen molar-refractivity contribution in [2.24, 2.45) is 0 Å². The fourth-order valence-corrected chi connectivity index (χ4v) is 3.21. The molecule has 1 heterocycles. The van der Waals surface area contributed by atoms with Crippen LogP contribution in [0, 0.1) is 0 Å². The number of hydrogen-bond donors (Lipinski definition) is 1. The largest absolute Gasteiger partial charge is 0.493 e. The first-order chi connectivity index (χ1) is 12.2. The zero-order valence-corrected chi connectivity index (χ0v) is 15.2. The molecule has 0 aliphatic heterocycles. The van der Waals surface area contributed by atoms with Crippen LogP contribution in [0.4, 0.5) is 0 Å². The zero-order chi connectivity index (χ0) is 17.9. The smallest absolute Gasteiger partial charge is 0.257 e. The van der Waals surface area contributed by atoms with E-state index >= 15 is 0 Å². The van der Waals surface area contributed by atoms with E-state index in [2.05, 4.69) is 12.0 Å². The molecule has 2 rings (SSSR count). The normalized spacial score (nSPS) is 12.2. The lowest BCUT2D eigenvalue weighted by Crippen LogP contribution is -2.21. The van der Waals surface area contributed by atoms with Gasteiger partial charge in [0.1, 0.15) is 0 Å². The standard InChI is InChI=1S/C21H30N2O2/c1-2-3-4-5-6-7-8-12-15-19(18-13-10-9-11-14-18)21(25)23-20(24)16-17-22-23/h9-11,13-14,16-17,19,24H,2-8,12,15H2,1H3. The van der Waals surface area contributed by atoms with E-state index in [0.29, 0.717) is 0 Å². The maximum Gasteiger partial charge on any atom is 0.257 e. The maximum absolute atomic E-state index is 12.8. The molecule has 0 saturated heterocycles. The van der Waals surface area contributed by atoms with Crippen LogP contribution in [-0.2, 0) is 0 Å². The van der Waals surface area contributed by atoms with Crippen molar-refractivity contribution in [3.63, 3.8) is 0 Å². The van der Waals surface area contributed by atoms with Gasteiger partial charge in [0.15, 0.2) is 0 Å². The summed E-state index contributed by atoms with van der Waals surface area (Å²) in [5, 5.41) is 13.8. The van der Waals surface area contributed by atoms with E-state index in [-0.39, 0.29) is 17.7 Å². The monoisotopic (exact) mass is 342 g/mol. The number of carbonyl (C=O) groups excluding carboxylic acids is 1. The van der Waals surface area contributed by atoms with Crippen LogP contribution in [0.15, 0.2) is 42.6 Å². The van der Waals surface area contributed by atoms with Crippen molar-refractivity contribution in [3.8, 4) is 5.88 Å². The molecule has 0 fully saturated rings. The molecule has 0 saturated carbocycles. The van der Waals surface area contributed by atoms with E-state index in [1.54, 1.807) is 0 Å². The molecule has 1 aromatic carbocycles. The number of rotatable bonds is 11. The Balaban J connectivity index is 1.88. The van der Waals surface area contributed by atoms with Crippen molar-refractivity contribution in [2.45, 2.75) is 70.6 Å². The van der Waals surface area contributed by atoms with Gasteiger partial charge in [0.25, 0.3) is 5.91 Å². The second kappa shape index (κ2) is 10.7. The molecule has 4 heteroatoms. The molecule has 0 aliphatic rings. The summed E-state index contributed by atoms with van der Waals surface area (Å²) in [6, 6.07) is 11.3. The number of hydrogen-bond acceptors (Lipinski definition) is 3. The Labute approximate surface area is 150 Å². The molecular weight excluding hydrogens is 312 g/mol. The van der Waals surface area contributed by atoms with Crippen LogP contribution in [0.3, 0.4) is 0 Å². The highest BCUT2D eigenvalue weighted by atomic mass is 16.3. The Morgan fingerprint density at radius 2 is 1.64 bits per heavy atom. The average molecular weight is 342 g/mol. The predicted octanol–water partition coefficient (Wildman–Crippen LogP) is 5.54. The van der Waals surface area contributed by atoms with Crippen LogP contribution in [0.2, 0.25) is 0 Å². The average Bonchev–Trinajstić information content (AvgIpc) is 3.07. The molecule has 0 spiro atoms. The van der Waals surface area contributed by atoms with Crippen molar-refractivity contribution >= 4 is 5.91 Å². The fraction of sp³-hybridized carbons (Fsp3) is 0.524. The van der Waals surface area contributed by atoms with Crippen LogP contribution in [-0.4, -0.2) is 20.8 Å². The number of aromatic hydroxyl groups is 1. The minimum atomic E-state index is -0.257. The second-order valence-electron chi connectivity index (χ2n) is 6.67. The summed E-state index contributed by atoms with van der Waals surface area (Å²) in [6.45, 7) is 2.23. The number of unbranched alkanes of at least 4 members (excludes halogenated alkanes) is 7. The Hall–Kier alpha value is -2.10. The third-order valence-electron chi connectivity index (χ3n) is 4.68. The van der Waals surface area contributed by atoms with Gasteiger partial charge in [-0.05, 0) is 12.0 Å². The molecule has 1 unspecified atom stereocenters. The van der Waals surface area contributed by atoms with Crippen LogP contribution < -0.4 is 0 Å². The van der Waals surface area contributed by atoms with Crippen LogP contribution in [0.1, 0.15) is 81.0 Å². The predicted molar refractivity (Wildman–Crippen MR) is 101 cm³/mol. The topological polar surface area (TPSA) is 55.1 Å². The molecule has 1 N–H and O–H groups in total. The van der Waals surface area contributed by atoms with Crippen molar-refractivity contribution in [1.82, 2.24) is 9.78 Å². The van der Waals surface area contributed by atoms with Crippen molar-refractivity contribution < 1.29 is 9.90 Å². The molecular formula is C21H30N2O2. The maximum atomic E-state index is 12.8. The second-order valence-corrected chi connectivity index (χ2v) is 6.67. The summed E-state index contributed by atoms with van der Waals surface area (Å²) in [5.74, 6) is -0.509. The first-order valence-corrected chi connectivity index (χ1v) is 9.56. The van der Waals surface area contributed by atoms with Gasteiger partial charge in [-0.3, -0.25) is 4.79 Å². The van der Waals surface area contributed by atoms with Crippen molar-refractivity contribution in [3.05, 3.63) is 48.2 Å². The SMILES string of the molecule is CCCCCCCCCCC(C(=O)n1nccc1O)c1ccccc1. The minimum Gasteiger partial charge on any atom is -0.493 e. The highest BCUT2D eigenvalue weighted by molar-refractivity contribution is 5.86. The van der Waals surface area contributed by atoms with Gasteiger partial charge >= 0.3 is 0 Å². The van der Waals surface area contributed by atoms with Crippen LogP contribution in [0.25, 0.3) is 0 Å². The Morgan fingerprint density at radius 3 is 2.24 bits per heavy atom. The molecule has 2 aromatic rings. The highest BCUT2D eigenvalue weighted by Gasteiger charge is 2.24. The van der Waals surface area contributed by atoms with Gasteiger partial charge in [-0.2, -0.15) is 9.78 Å². The van der Waals surface area contributed by atoms with Gasteiger partial charge in [0, 0.05) is 6.07 Å². The molecule has 0 amide bonds. The minimum absolute atomic E-state index is 0.0955. The van der Waals surface area contributed by atoms with Crippen LogP contribution in [0.5, 0.6) is 5.88 Å². The Bertz CT molecular complexity index is 622. The van der Waals surface area contributed by atoms with Gasteiger partial charge in [0.05, 0.1) is 12.1 Å². The van der Waals surface area contributed by atoms with Gasteiger partial charge in [-0.1, -0.05) is 88.6 Å². The van der Waals surface area contributed by atoms with Crippen LogP contribution >= 0.6 is 0 Å². The van der Waals surface area contributed by atoms with Gasteiger partial charge in [0.2, 0.25) is 5.88 Å². The van der Waals surface area contributed by atoms with Gasteiger partial charge < -0.3 is 5.11 Å². The van der Waals surface area contributed by atoms with Gasteiger partial charge in [-0.25, -0.2) is 0 Å². The molecule has 0 bridgehead atoms. The summed E-state index contributed by atoms with van der Waals surface area (Å²) in [4.78, 5) is 12.8. The van der Waals surface area contributed by atoms with E-state index in [9.17, 15) is 9.90 Å². The van der Waals surface area contributed by atoms with Crippen molar-refractivity contribution in [1.29, 1.82) is 0 Å². The van der Waals surface area contributed by atoms with E-state index in [4.69, 9.17) is 0 Å². The summed E-state index contributed by atoms with van der Waals surface area (Å²) >= 11 is 0. The Morgan fingerprint density at radius 1 is 1.00 bits per heavy atom. The van der Waals surface area contributed by atoms with Gasteiger partial charge in [-0.15, -0.1) is 0 Å². The third kappa shape index (κ3) is 6.04. The lowest BCUT2D eigenvalue weighted by Gasteiger charge is -2.16. The number of carbonyl (C=O) groups is 1. The molecule has 136 valence electrons. The molecule has 25 heavy (non-hydrogen) atoms.